The van der Waals surface area contributed by atoms with Gasteiger partial charge < -0.3 is 20.1 Å². The van der Waals surface area contributed by atoms with Gasteiger partial charge in [0.2, 0.25) is 5.91 Å². The number of carbonyl (C=O) groups is 2. The smallest absolute Gasteiger partial charge is 0.280 e. The lowest BCUT2D eigenvalue weighted by atomic mass is 10.1. The molecular formula is C13H16BrN3O4S. The number of fused-ring (bicyclic) bond motifs is 1. The number of nitrogens with one attached hydrogen (secondary N) is 2. The Morgan fingerprint density at radius 1 is 1.23 bits per heavy atom. The summed E-state index contributed by atoms with van der Waals surface area (Å²) in [5.74, 6) is -0.354. The van der Waals surface area contributed by atoms with Crippen LogP contribution < -0.4 is 10.6 Å². The standard InChI is InChI=1S/C13H16BrN3O4S/c1-5-11(14)17-13(22-5)12(19)16-8-4-21-9-7(15-6(2)18)3-20-10(8)9/h7-10H,3-4H2,1-2H3,(H,15,18)(H,16,19)/t7-,8-,9+,10+/m0/s1. The Kier molecular flexibility index (Phi) is 4.49. The fraction of sp³-hybridized carbons (Fsp3) is 0.615. The van der Waals surface area contributed by atoms with Crippen molar-refractivity contribution in [3.05, 3.63) is 14.5 Å². The van der Waals surface area contributed by atoms with Crippen molar-refractivity contribution in [3.63, 3.8) is 0 Å². The van der Waals surface area contributed by atoms with Crippen LogP contribution in [0.3, 0.4) is 0 Å². The molecule has 0 aliphatic carbocycles. The van der Waals surface area contributed by atoms with Gasteiger partial charge in [-0.3, -0.25) is 9.59 Å². The molecule has 1 aromatic rings. The van der Waals surface area contributed by atoms with Crippen LogP contribution in [0.2, 0.25) is 0 Å². The van der Waals surface area contributed by atoms with Crippen LogP contribution in [0.5, 0.6) is 0 Å². The summed E-state index contributed by atoms with van der Waals surface area (Å²) in [7, 11) is 0. The van der Waals surface area contributed by atoms with Crippen LogP contribution in [0.15, 0.2) is 4.60 Å². The zero-order valence-electron chi connectivity index (χ0n) is 12.1. The van der Waals surface area contributed by atoms with E-state index in [2.05, 4.69) is 31.5 Å². The number of halogens is 1. The van der Waals surface area contributed by atoms with E-state index in [4.69, 9.17) is 9.47 Å². The van der Waals surface area contributed by atoms with Crippen molar-refractivity contribution >= 4 is 39.1 Å². The molecule has 0 unspecified atom stereocenters. The topological polar surface area (TPSA) is 89.5 Å². The first kappa shape index (κ1) is 15.9. The molecule has 22 heavy (non-hydrogen) atoms. The number of ether oxygens (including phenoxy) is 2. The van der Waals surface area contributed by atoms with Crippen molar-refractivity contribution in [1.29, 1.82) is 0 Å². The summed E-state index contributed by atoms with van der Waals surface area (Å²) in [6.07, 6.45) is -0.468. The molecule has 0 bridgehead atoms. The number of aryl methyl sites for hydroxylation is 1. The maximum atomic E-state index is 12.2. The second-order valence-electron chi connectivity index (χ2n) is 5.35. The number of amides is 2. The molecule has 3 heterocycles. The Balaban J connectivity index is 1.63. The van der Waals surface area contributed by atoms with Crippen LogP contribution in [0.25, 0.3) is 0 Å². The maximum absolute atomic E-state index is 12.2. The van der Waals surface area contributed by atoms with E-state index in [1.54, 1.807) is 0 Å². The monoisotopic (exact) mass is 389 g/mol. The zero-order chi connectivity index (χ0) is 15.9. The molecule has 0 saturated carbocycles. The predicted octanol–water partition coefficient (Wildman–Crippen LogP) is 0.615. The first-order chi connectivity index (χ1) is 10.5. The van der Waals surface area contributed by atoms with Gasteiger partial charge in [0.25, 0.3) is 5.91 Å². The van der Waals surface area contributed by atoms with Gasteiger partial charge in [0, 0.05) is 11.8 Å². The molecule has 0 aromatic carbocycles. The summed E-state index contributed by atoms with van der Waals surface area (Å²) in [5.41, 5.74) is 0. The second-order valence-corrected chi connectivity index (χ2v) is 7.30. The van der Waals surface area contributed by atoms with Gasteiger partial charge in [0.05, 0.1) is 25.3 Å². The number of hydrogen-bond acceptors (Lipinski definition) is 6. The predicted molar refractivity (Wildman–Crippen MR) is 82.9 cm³/mol. The van der Waals surface area contributed by atoms with Crippen molar-refractivity contribution in [3.8, 4) is 0 Å². The van der Waals surface area contributed by atoms with Gasteiger partial charge in [-0.2, -0.15) is 0 Å². The van der Waals surface area contributed by atoms with E-state index >= 15 is 0 Å². The molecule has 0 spiro atoms. The van der Waals surface area contributed by atoms with E-state index in [-0.39, 0.29) is 36.1 Å². The molecule has 2 aliphatic rings. The van der Waals surface area contributed by atoms with Crippen LogP contribution in [0, 0.1) is 6.92 Å². The van der Waals surface area contributed by atoms with Gasteiger partial charge in [-0.1, -0.05) is 0 Å². The molecule has 9 heteroatoms. The SMILES string of the molecule is CC(=O)N[C@H]1CO[C@H]2[C@@H]1OC[C@@H]2NC(=O)c1nc(Br)c(C)s1. The van der Waals surface area contributed by atoms with Crippen LogP contribution in [0.1, 0.15) is 21.6 Å². The highest BCUT2D eigenvalue weighted by atomic mass is 79.9. The third-order valence-corrected chi connectivity index (χ3v) is 5.70. The lowest BCUT2D eigenvalue weighted by Crippen LogP contribution is -2.46. The highest BCUT2D eigenvalue weighted by Crippen LogP contribution is 2.28. The summed E-state index contributed by atoms with van der Waals surface area (Å²) in [6.45, 7) is 4.11. The zero-order valence-corrected chi connectivity index (χ0v) is 14.5. The van der Waals surface area contributed by atoms with E-state index in [1.807, 2.05) is 6.92 Å². The number of carbonyl (C=O) groups excluding carboxylic acids is 2. The Morgan fingerprint density at radius 3 is 2.32 bits per heavy atom. The third kappa shape index (κ3) is 3.03. The maximum Gasteiger partial charge on any atom is 0.280 e. The molecule has 2 N–H and O–H groups in total. The number of hydrogen-bond donors (Lipinski definition) is 2. The molecule has 1 aromatic heterocycles. The number of rotatable bonds is 3. The molecule has 0 radical (unpaired) electrons. The fourth-order valence-corrected chi connectivity index (χ4v) is 3.96. The van der Waals surface area contributed by atoms with Crippen molar-refractivity contribution in [2.24, 2.45) is 0 Å². The molecule has 2 aliphatic heterocycles. The van der Waals surface area contributed by atoms with Crippen molar-refractivity contribution in [1.82, 2.24) is 15.6 Å². The summed E-state index contributed by atoms with van der Waals surface area (Å²) in [5, 5.41) is 6.12. The largest absolute Gasteiger partial charge is 0.371 e. The number of nitrogens with zero attached hydrogens (tertiary/aromatic N) is 1. The van der Waals surface area contributed by atoms with Gasteiger partial charge in [-0.05, 0) is 22.9 Å². The van der Waals surface area contributed by atoms with E-state index in [0.717, 1.165) is 4.88 Å². The van der Waals surface area contributed by atoms with E-state index in [0.29, 0.717) is 22.8 Å². The number of thiazole rings is 1. The quantitative estimate of drug-likeness (QED) is 0.790. The average Bonchev–Trinajstić information content (AvgIpc) is 3.10. The molecule has 3 rings (SSSR count). The minimum Gasteiger partial charge on any atom is -0.371 e. The van der Waals surface area contributed by atoms with Gasteiger partial charge in [0.1, 0.15) is 16.8 Å². The van der Waals surface area contributed by atoms with Gasteiger partial charge in [-0.25, -0.2) is 4.98 Å². The molecule has 4 atom stereocenters. The van der Waals surface area contributed by atoms with Gasteiger partial charge in [0.15, 0.2) is 5.01 Å². The molecule has 2 fully saturated rings. The van der Waals surface area contributed by atoms with Crippen LogP contribution >= 0.6 is 27.3 Å². The fourth-order valence-electron chi connectivity index (χ4n) is 2.71. The average molecular weight is 390 g/mol. The lowest BCUT2D eigenvalue weighted by molar-refractivity contribution is -0.120. The molecule has 7 nitrogen and oxygen atoms in total. The van der Waals surface area contributed by atoms with Gasteiger partial charge >= 0.3 is 0 Å². The van der Waals surface area contributed by atoms with Gasteiger partial charge in [-0.15, -0.1) is 11.3 Å². The number of aromatic nitrogens is 1. The Morgan fingerprint density at radius 2 is 1.82 bits per heavy atom. The molecular weight excluding hydrogens is 374 g/mol. The Labute approximate surface area is 139 Å². The minimum atomic E-state index is -0.245. The molecule has 120 valence electrons. The van der Waals surface area contributed by atoms with Crippen molar-refractivity contribution < 1.29 is 19.1 Å². The van der Waals surface area contributed by atoms with Crippen LogP contribution in [-0.2, 0) is 14.3 Å². The van der Waals surface area contributed by atoms with Crippen LogP contribution in [-0.4, -0.2) is 54.3 Å². The van der Waals surface area contributed by atoms with E-state index in [1.165, 1.54) is 18.3 Å². The van der Waals surface area contributed by atoms with Crippen molar-refractivity contribution in [2.45, 2.75) is 38.1 Å². The lowest BCUT2D eigenvalue weighted by Gasteiger charge is -2.17. The van der Waals surface area contributed by atoms with E-state index < -0.39 is 0 Å². The summed E-state index contributed by atoms with van der Waals surface area (Å²) < 4.78 is 12.1. The highest BCUT2D eigenvalue weighted by Gasteiger charge is 2.48. The minimum absolute atomic E-state index is 0.117. The van der Waals surface area contributed by atoms with E-state index in [9.17, 15) is 9.59 Å². The normalized spacial score (nSPS) is 30.1. The van der Waals surface area contributed by atoms with Crippen LogP contribution in [0.4, 0.5) is 0 Å². The highest BCUT2D eigenvalue weighted by molar-refractivity contribution is 9.10. The summed E-state index contributed by atoms with van der Waals surface area (Å²) >= 11 is 4.63. The first-order valence-corrected chi connectivity index (χ1v) is 8.50. The molecule has 2 saturated heterocycles. The summed E-state index contributed by atoms with van der Waals surface area (Å²) in [4.78, 5) is 28.5. The van der Waals surface area contributed by atoms with Crippen molar-refractivity contribution in [2.75, 3.05) is 13.2 Å². The Hall–Kier alpha value is -1.03. The Bertz CT molecular complexity index is 589. The molecule has 2 amide bonds. The first-order valence-electron chi connectivity index (χ1n) is 6.90. The summed E-state index contributed by atoms with van der Waals surface area (Å²) in [6, 6.07) is -0.403. The second kappa shape index (κ2) is 6.23. The third-order valence-electron chi connectivity index (χ3n) is 3.69.